The van der Waals surface area contributed by atoms with E-state index in [0.29, 0.717) is 12.3 Å². The molecule has 1 aliphatic rings. The Morgan fingerprint density at radius 3 is 2.75 bits per heavy atom. The summed E-state index contributed by atoms with van der Waals surface area (Å²) in [6.45, 7) is 8.95. The maximum absolute atomic E-state index is 12.2. The van der Waals surface area contributed by atoms with Crippen molar-refractivity contribution in [1.82, 2.24) is 4.90 Å². The van der Waals surface area contributed by atoms with Crippen molar-refractivity contribution in [2.45, 2.75) is 32.6 Å². The van der Waals surface area contributed by atoms with Gasteiger partial charge in [-0.3, -0.25) is 9.69 Å². The van der Waals surface area contributed by atoms with Gasteiger partial charge in [0, 0.05) is 25.1 Å². The Kier molecular flexibility index (Phi) is 5.74. The van der Waals surface area contributed by atoms with E-state index in [1.807, 2.05) is 18.2 Å². The van der Waals surface area contributed by atoms with Crippen LogP contribution in [0.25, 0.3) is 0 Å². The number of rotatable bonds is 6. The molecule has 1 aromatic carbocycles. The molecule has 20 heavy (non-hydrogen) atoms. The number of carbonyl (C=O) groups is 1. The SMILES string of the molecule is CC(C)c1cccc(C(=O)CCCN2CCOCC2)c1. The van der Waals surface area contributed by atoms with Crippen LogP contribution < -0.4 is 0 Å². The predicted octanol–water partition coefficient (Wildman–Crippen LogP) is 3.11. The van der Waals surface area contributed by atoms with Crippen LogP contribution in [-0.2, 0) is 4.74 Å². The highest BCUT2D eigenvalue weighted by Crippen LogP contribution is 2.17. The van der Waals surface area contributed by atoms with Crippen LogP contribution in [-0.4, -0.2) is 43.5 Å². The van der Waals surface area contributed by atoms with Crippen molar-refractivity contribution >= 4 is 5.78 Å². The molecule has 0 N–H and O–H groups in total. The van der Waals surface area contributed by atoms with E-state index in [0.717, 1.165) is 44.8 Å². The number of morpholine rings is 1. The fourth-order valence-corrected chi connectivity index (χ4v) is 2.50. The molecule has 1 fully saturated rings. The summed E-state index contributed by atoms with van der Waals surface area (Å²) in [6.07, 6.45) is 1.57. The number of ketones is 1. The standard InChI is InChI=1S/C17H25NO2/c1-14(2)15-5-3-6-16(13-15)17(19)7-4-8-18-9-11-20-12-10-18/h3,5-6,13-14H,4,7-12H2,1-2H3. The monoisotopic (exact) mass is 275 g/mol. The summed E-state index contributed by atoms with van der Waals surface area (Å²) >= 11 is 0. The van der Waals surface area contributed by atoms with E-state index in [1.54, 1.807) is 0 Å². The maximum Gasteiger partial charge on any atom is 0.162 e. The Labute approximate surface area is 121 Å². The van der Waals surface area contributed by atoms with E-state index in [2.05, 4.69) is 24.8 Å². The van der Waals surface area contributed by atoms with Crippen molar-refractivity contribution in [3.05, 3.63) is 35.4 Å². The molecule has 0 aromatic heterocycles. The van der Waals surface area contributed by atoms with Gasteiger partial charge in [0.05, 0.1) is 13.2 Å². The van der Waals surface area contributed by atoms with E-state index in [1.165, 1.54) is 5.56 Å². The van der Waals surface area contributed by atoms with E-state index >= 15 is 0 Å². The van der Waals surface area contributed by atoms with Crippen LogP contribution in [0.5, 0.6) is 0 Å². The molecule has 0 bridgehead atoms. The summed E-state index contributed by atoms with van der Waals surface area (Å²) in [4.78, 5) is 14.6. The van der Waals surface area contributed by atoms with Gasteiger partial charge in [-0.2, -0.15) is 0 Å². The van der Waals surface area contributed by atoms with Crippen molar-refractivity contribution in [3.63, 3.8) is 0 Å². The van der Waals surface area contributed by atoms with E-state index in [4.69, 9.17) is 4.74 Å². The fourth-order valence-electron chi connectivity index (χ4n) is 2.50. The molecule has 0 aliphatic carbocycles. The lowest BCUT2D eigenvalue weighted by Gasteiger charge is -2.26. The molecule has 1 heterocycles. The van der Waals surface area contributed by atoms with E-state index < -0.39 is 0 Å². The lowest BCUT2D eigenvalue weighted by molar-refractivity contribution is 0.0371. The second-order valence-corrected chi connectivity index (χ2v) is 5.76. The molecule has 110 valence electrons. The summed E-state index contributed by atoms with van der Waals surface area (Å²) in [7, 11) is 0. The van der Waals surface area contributed by atoms with Crippen LogP contribution >= 0.6 is 0 Å². The van der Waals surface area contributed by atoms with Crippen LogP contribution in [0, 0.1) is 0 Å². The van der Waals surface area contributed by atoms with Crippen LogP contribution in [0.1, 0.15) is 48.5 Å². The quantitative estimate of drug-likeness (QED) is 0.747. The van der Waals surface area contributed by atoms with Crippen molar-refractivity contribution in [2.24, 2.45) is 0 Å². The third-order valence-corrected chi connectivity index (χ3v) is 3.86. The molecule has 0 unspecified atom stereocenters. The van der Waals surface area contributed by atoms with Crippen molar-refractivity contribution in [1.29, 1.82) is 0 Å². The minimum absolute atomic E-state index is 0.265. The van der Waals surface area contributed by atoms with Gasteiger partial charge < -0.3 is 4.74 Å². The zero-order chi connectivity index (χ0) is 14.4. The Balaban J connectivity index is 1.80. The van der Waals surface area contributed by atoms with Gasteiger partial charge in [0.25, 0.3) is 0 Å². The zero-order valence-corrected chi connectivity index (χ0v) is 12.6. The highest BCUT2D eigenvalue weighted by atomic mass is 16.5. The number of benzene rings is 1. The number of ether oxygens (including phenoxy) is 1. The number of Topliss-reactive ketones (excluding diaryl/α,β-unsaturated/α-hetero) is 1. The van der Waals surface area contributed by atoms with E-state index in [-0.39, 0.29) is 5.78 Å². The summed E-state index contributed by atoms with van der Waals surface area (Å²) in [6, 6.07) is 8.06. The van der Waals surface area contributed by atoms with Gasteiger partial charge in [-0.15, -0.1) is 0 Å². The van der Waals surface area contributed by atoms with Gasteiger partial charge in [-0.1, -0.05) is 32.0 Å². The average Bonchev–Trinajstić information content (AvgIpc) is 2.48. The molecule has 3 heteroatoms. The Bertz CT molecular complexity index is 436. The predicted molar refractivity (Wildman–Crippen MR) is 81.4 cm³/mol. The minimum atomic E-state index is 0.265. The van der Waals surface area contributed by atoms with Gasteiger partial charge in [-0.25, -0.2) is 0 Å². The smallest absolute Gasteiger partial charge is 0.162 e. The van der Waals surface area contributed by atoms with E-state index in [9.17, 15) is 4.79 Å². The molecule has 3 nitrogen and oxygen atoms in total. The van der Waals surface area contributed by atoms with Gasteiger partial charge in [-0.05, 0) is 30.5 Å². The fraction of sp³-hybridized carbons (Fsp3) is 0.588. The third kappa shape index (κ3) is 4.43. The zero-order valence-electron chi connectivity index (χ0n) is 12.6. The van der Waals surface area contributed by atoms with Crippen LogP contribution in [0.2, 0.25) is 0 Å². The van der Waals surface area contributed by atoms with Gasteiger partial charge in [0.1, 0.15) is 0 Å². The van der Waals surface area contributed by atoms with Crippen LogP contribution in [0.4, 0.5) is 0 Å². The molecule has 0 atom stereocenters. The molecule has 0 saturated carbocycles. The lowest BCUT2D eigenvalue weighted by atomic mass is 9.98. The minimum Gasteiger partial charge on any atom is -0.379 e. The van der Waals surface area contributed by atoms with Gasteiger partial charge in [0.2, 0.25) is 0 Å². The van der Waals surface area contributed by atoms with Gasteiger partial charge in [0.15, 0.2) is 5.78 Å². The summed E-state index contributed by atoms with van der Waals surface area (Å²) in [5.74, 6) is 0.733. The first-order valence-corrected chi connectivity index (χ1v) is 7.60. The molecular formula is C17H25NO2. The second-order valence-electron chi connectivity index (χ2n) is 5.76. The second kappa shape index (κ2) is 7.55. The molecule has 1 aromatic rings. The Morgan fingerprint density at radius 1 is 1.30 bits per heavy atom. The number of nitrogens with zero attached hydrogens (tertiary/aromatic N) is 1. The van der Waals surface area contributed by atoms with Crippen molar-refractivity contribution in [2.75, 3.05) is 32.8 Å². The Hall–Kier alpha value is -1.19. The van der Waals surface area contributed by atoms with Crippen molar-refractivity contribution in [3.8, 4) is 0 Å². The van der Waals surface area contributed by atoms with Crippen LogP contribution in [0.3, 0.4) is 0 Å². The summed E-state index contributed by atoms with van der Waals surface area (Å²) < 4.78 is 5.32. The molecule has 2 rings (SSSR count). The molecular weight excluding hydrogens is 250 g/mol. The Morgan fingerprint density at radius 2 is 2.05 bits per heavy atom. The first kappa shape index (κ1) is 15.2. The highest BCUT2D eigenvalue weighted by molar-refractivity contribution is 5.96. The third-order valence-electron chi connectivity index (χ3n) is 3.86. The van der Waals surface area contributed by atoms with Crippen LogP contribution in [0.15, 0.2) is 24.3 Å². The topological polar surface area (TPSA) is 29.5 Å². The molecule has 0 radical (unpaired) electrons. The maximum atomic E-state index is 12.2. The average molecular weight is 275 g/mol. The van der Waals surface area contributed by atoms with Crippen molar-refractivity contribution < 1.29 is 9.53 Å². The molecule has 0 spiro atoms. The number of hydrogen-bond acceptors (Lipinski definition) is 3. The lowest BCUT2D eigenvalue weighted by Crippen LogP contribution is -2.36. The van der Waals surface area contributed by atoms with Gasteiger partial charge >= 0.3 is 0 Å². The summed E-state index contributed by atoms with van der Waals surface area (Å²) in [5, 5.41) is 0. The highest BCUT2D eigenvalue weighted by Gasteiger charge is 2.12. The summed E-state index contributed by atoms with van der Waals surface area (Å²) in [5.41, 5.74) is 2.10. The number of carbonyl (C=O) groups excluding carboxylic acids is 1. The molecule has 1 aliphatic heterocycles. The molecule has 1 saturated heterocycles. The first-order valence-electron chi connectivity index (χ1n) is 7.60. The molecule has 0 amide bonds. The largest absolute Gasteiger partial charge is 0.379 e. The number of hydrogen-bond donors (Lipinski definition) is 0. The normalized spacial score (nSPS) is 16.6. The first-order chi connectivity index (χ1) is 9.66.